The van der Waals surface area contributed by atoms with Gasteiger partial charge in [0.15, 0.2) is 0 Å². The van der Waals surface area contributed by atoms with E-state index in [-0.39, 0.29) is 6.04 Å². The highest BCUT2D eigenvalue weighted by Crippen LogP contribution is 2.29. The van der Waals surface area contributed by atoms with E-state index >= 15 is 0 Å². The number of aryl methyl sites for hydroxylation is 1. The average Bonchev–Trinajstić information content (AvgIpc) is 2.86. The molecule has 3 nitrogen and oxygen atoms in total. The van der Waals surface area contributed by atoms with Gasteiger partial charge < -0.3 is 9.72 Å². The van der Waals surface area contributed by atoms with Gasteiger partial charge in [-0.1, -0.05) is 35.9 Å². The van der Waals surface area contributed by atoms with Crippen molar-refractivity contribution in [3.8, 4) is 0 Å². The molecule has 0 fully saturated rings. The van der Waals surface area contributed by atoms with Crippen LogP contribution in [0.15, 0.2) is 48.7 Å². The van der Waals surface area contributed by atoms with Gasteiger partial charge in [0, 0.05) is 19.2 Å². The summed E-state index contributed by atoms with van der Waals surface area (Å²) in [4.78, 5) is 4.77. The predicted octanol–water partition coefficient (Wildman–Crippen LogP) is 2.88. The zero-order valence-electron chi connectivity index (χ0n) is 11.5. The van der Waals surface area contributed by atoms with Crippen LogP contribution >= 0.6 is 0 Å². The number of hydrogen-bond acceptors (Lipinski definition) is 2. The second-order valence-corrected chi connectivity index (χ2v) is 5.42. The SMILES string of the molecule is Cc1ccc(C2NCCc3nc4ccccn4c32)cc1. The number of benzene rings is 1. The maximum atomic E-state index is 4.77. The van der Waals surface area contributed by atoms with Gasteiger partial charge in [0.05, 0.1) is 17.4 Å². The lowest BCUT2D eigenvalue weighted by molar-refractivity contribution is 0.547. The van der Waals surface area contributed by atoms with Gasteiger partial charge in [-0.25, -0.2) is 4.98 Å². The molecule has 3 heterocycles. The second-order valence-electron chi connectivity index (χ2n) is 5.42. The highest BCUT2D eigenvalue weighted by molar-refractivity contribution is 5.47. The Kier molecular flexibility index (Phi) is 2.60. The maximum absolute atomic E-state index is 4.77. The summed E-state index contributed by atoms with van der Waals surface area (Å²) in [6, 6.07) is 15.2. The van der Waals surface area contributed by atoms with Crippen LogP contribution < -0.4 is 5.32 Å². The molecule has 2 aromatic heterocycles. The minimum Gasteiger partial charge on any atom is -0.305 e. The van der Waals surface area contributed by atoms with Gasteiger partial charge in [0.2, 0.25) is 0 Å². The molecular formula is C17H17N3. The molecule has 1 aliphatic rings. The van der Waals surface area contributed by atoms with Crippen LogP contribution in [0.1, 0.15) is 28.6 Å². The van der Waals surface area contributed by atoms with E-state index in [0.29, 0.717) is 0 Å². The Hall–Kier alpha value is -2.13. The molecule has 1 unspecified atom stereocenters. The third kappa shape index (κ3) is 1.74. The number of nitrogens with one attached hydrogen (secondary N) is 1. The number of pyridine rings is 1. The molecular weight excluding hydrogens is 246 g/mol. The quantitative estimate of drug-likeness (QED) is 0.731. The molecule has 0 bridgehead atoms. The minimum absolute atomic E-state index is 0.233. The Bertz CT molecular complexity index is 756. The first kappa shape index (κ1) is 11.7. The first-order valence-corrected chi connectivity index (χ1v) is 7.09. The molecule has 0 saturated carbocycles. The highest BCUT2D eigenvalue weighted by Gasteiger charge is 2.26. The lowest BCUT2D eigenvalue weighted by Crippen LogP contribution is -2.31. The zero-order chi connectivity index (χ0) is 13.5. The smallest absolute Gasteiger partial charge is 0.137 e. The molecule has 100 valence electrons. The number of nitrogens with zero attached hydrogens (tertiary/aromatic N) is 2. The average molecular weight is 263 g/mol. The molecule has 3 heteroatoms. The molecule has 1 aromatic carbocycles. The van der Waals surface area contributed by atoms with Crippen molar-refractivity contribution >= 4 is 5.65 Å². The molecule has 1 aliphatic heterocycles. The topological polar surface area (TPSA) is 29.3 Å². The van der Waals surface area contributed by atoms with E-state index in [0.717, 1.165) is 18.6 Å². The van der Waals surface area contributed by atoms with Crippen molar-refractivity contribution < 1.29 is 0 Å². The fourth-order valence-corrected chi connectivity index (χ4v) is 3.02. The largest absolute Gasteiger partial charge is 0.305 e. The van der Waals surface area contributed by atoms with Crippen LogP contribution in [0.3, 0.4) is 0 Å². The highest BCUT2D eigenvalue weighted by atomic mass is 15.1. The van der Waals surface area contributed by atoms with E-state index in [1.165, 1.54) is 22.5 Å². The van der Waals surface area contributed by atoms with Gasteiger partial charge in [-0.05, 0) is 24.6 Å². The summed E-state index contributed by atoms with van der Waals surface area (Å²) < 4.78 is 2.21. The fourth-order valence-electron chi connectivity index (χ4n) is 3.02. The molecule has 0 amide bonds. The molecule has 1 N–H and O–H groups in total. The van der Waals surface area contributed by atoms with Crippen LogP contribution in [0, 0.1) is 6.92 Å². The van der Waals surface area contributed by atoms with Crippen molar-refractivity contribution in [1.29, 1.82) is 0 Å². The molecule has 4 rings (SSSR count). The van der Waals surface area contributed by atoms with E-state index in [1.807, 2.05) is 6.07 Å². The Labute approximate surface area is 118 Å². The van der Waals surface area contributed by atoms with E-state index < -0.39 is 0 Å². The standard InChI is InChI=1S/C17H17N3/c1-12-5-7-13(8-6-12)16-17-14(9-10-18-16)19-15-4-2-3-11-20(15)17/h2-8,11,16,18H,9-10H2,1H3. The summed E-state index contributed by atoms with van der Waals surface area (Å²) in [6.45, 7) is 3.10. The Morgan fingerprint density at radius 3 is 2.85 bits per heavy atom. The van der Waals surface area contributed by atoms with Crippen LogP contribution in [-0.2, 0) is 6.42 Å². The summed E-state index contributed by atoms with van der Waals surface area (Å²) in [5.74, 6) is 0. The lowest BCUT2D eigenvalue weighted by atomic mass is 9.97. The molecule has 20 heavy (non-hydrogen) atoms. The molecule has 0 aliphatic carbocycles. The first-order chi connectivity index (χ1) is 9.83. The summed E-state index contributed by atoms with van der Waals surface area (Å²) in [7, 11) is 0. The van der Waals surface area contributed by atoms with Crippen molar-refractivity contribution in [1.82, 2.24) is 14.7 Å². The van der Waals surface area contributed by atoms with Crippen molar-refractivity contribution in [3.63, 3.8) is 0 Å². The molecule has 0 radical (unpaired) electrons. The lowest BCUT2D eigenvalue weighted by Gasteiger charge is -2.24. The minimum atomic E-state index is 0.233. The van der Waals surface area contributed by atoms with Crippen LogP contribution in [0.4, 0.5) is 0 Å². The van der Waals surface area contributed by atoms with E-state index in [1.54, 1.807) is 0 Å². The number of rotatable bonds is 1. The molecule has 0 spiro atoms. The van der Waals surface area contributed by atoms with Crippen LogP contribution in [0.25, 0.3) is 5.65 Å². The van der Waals surface area contributed by atoms with Gasteiger partial charge in [-0.15, -0.1) is 0 Å². The fraction of sp³-hybridized carbons (Fsp3) is 0.235. The van der Waals surface area contributed by atoms with E-state index in [9.17, 15) is 0 Å². The molecule has 3 aromatic rings. The summed E-state index contributed by atoms with van der Waals surface area (Å²) in [5.41, 5.74) is 6.15. The van der Waals surface area contributed by atoms with Gasteiger partial charge in [0.25, 0.3) is 0 Å². The van der Waals surface area contributed by atoms with Crippen molar-refractivity contribution in [2.75, 3.05) is 6.54 Å². The Balaban J connectivity index is 1.90. The summed E-state index contributed by atoms with van der Waals surface area (Å²) in [5, 5.41) is 3.63. The zero-order valence-corrected chi connectivity index (χ0v) is 11.5. The molecule has 1 atom stereocenters. The van der Waals surface area contributed by atoms with Gasteiger partial charge >= 0.3 is 0 Å². The van der Waals surface area contributed by atoms with Crippen molar-refractivity contribution in [2.24, 2.45) is 0 Å². The van der Waals surface area contributed by atoms with Gasteiger partial charge in [0.1, 0.15) is 5.65 Å². The monoisotopic (exact) mass is 263 g/mol. The summed E-state index contributed by atoms with van der Waals surface area (Å²) in [6.07, 6.45) is 3.11. The Morgan fingerprint density at radius 2 is 2.00 bits per heavy atom. The number of imidazole rings is 1. The Morgan fingerprint density at radius 1 is 1.15 bits per heavy atom. The molecule has 0 saturated heterocycles. The third-order valence-corrected chi connectivity index (χ3v) is 4.04. The number of aromatic nitrogens is 2. The van der Waals surface area contributed by atoms with Crippen molar-refractivity contribution in [2.45, 2.75) is 19.4 Å². The van der Waals surface area contributed by atoms with Crippen molar-refractivity contribution in [3.05, 3.63) is 71.2 Å². The normalized spacial score (nSPS) is 18.1. The van der Waals surface area contributed by atoms with Gasteiger partial charge in [-0.3, -0.25) is 0 Å². The number of hydrogen-bond donors (Lipinski definition) is 1. The van der Waals surface area contributed by atoms with E-state index in [2.05, 4.69) is 59.2 Å². The van der Waals surface area contributed by atoms with Crippen LogP contribution in [0.2, 0.25) is 0 Å². The van der Waals surface area contributed by atoms with Gasteiger partial charge in [-0.2, -0.15) is 0 Å². The first-order valence-electron chi connectivity index (χ1n) is 7.09. The predicted molar refractivity (Wildman–Crippen MR) is 79.9 cm³/mol. The van der Waals surface area contributed by atoms with Crippen LogP contribution in [-0.4, -0.2) is 15.9 Å². The second kappa shape index (κ2) is 4.46. The summed E-state index contributed by atoms with van der Waals surface area (Å²) >= 11 is 0. The maximum Gasteiger partial charge on any atom is 0.137 e. The van der Waals surface area contributed by atoms with E-state index in [4.69, 9.17) is 4.98 Å². The van der Waals surface area contributed by atoms with Crippen LogP contribution in [0.5, 0.6) is 0 Å². The number of fused-ring (bicyclic) bond motifs is 3. The third-order valence-electron chi connectivity index (χ3n) is 4.04.